The smallest absolute Gasteiger partial charge is 0.416 e. The van der Waals surface area contributed by atoms with Gasteiger partial charge in [-0.05, 0) is 41.6 Å². The standard InChI is InChI=1S/C30H26F3NO5/c1-19(38-17-20-7-3-2-4-8-20)26(29(36)37)34-28(35)25-16-13-22-9-5-6-10-24(22)27(25)39-18-21-11-14-23(15-12-21)30(31,32)33/h2-16,19,26H,17-18H2,1H3,(H,34,35)(H,36,37)/t19-,26+/m1/s1. The Balaban J connectivity index is 1.55. The van der Waals surface area contributed by atoms with Crippen molar-refractivity contribution in [3.8, 4) is 5.75 Å². The summed E-state index contributed by atoms with van der Waals surface area (Å²) in [7, 11) is 0. The van der Waals surface area contributed by atoms with Crippen molar-refractivity contribution in [1.82, 2.24) is 5.32 Å². The number of carbonyl (C=O) groups excluding carboxylic acids is 1. The van der Waals surface area contributed by atoms with Crippen molar-refractivity contribution < 1.29 is 37.3 Å². The van der Waals surface area contributed by atoms with Crippen LogP contribution in [0.3, 0.4) is 0 Å². The molecule has 0 unspecified atom stereocenters. The van der Waals surface area contributed by atoms with Crippen LogP contribution < -0.4 is 10.1 Å². The van der Waals surface area contributed by atoms with Gasteiger partial charge in [0.1, 0.15) is 12.4 Å². The predicted octanol–water partition coefficient (Wildman–Crippen LogP) is 6.23. The minimum Gasteiger partial charge on any atom is -0.487 e. The summed E-state index contributed by atoms with van der Waals surface area (Å²) in [6, 6.07) is 22.8. The fourth-order valence-electron chi connectivity index (χ4n) is 4.02. The van der Waals surface area contributed by atoms with Crippen LogP contribution in [0.15, 0.2) is 91.0 Å². The maximum absolute atomic E-state index is 13.3. The van der Waals surface area contributed by atoms with E-state index in [1.165, 1.54) is 18.2 Å². The van der Waals surface area contributed by atoms with E-state index in [1.807, 2.05) is 42.5 Å². The largest absolute Gasteiger partial charge is 0.487 e. The zero-order valence-electron chi connectivity index (χ0n) is 20.9. The molecule has 4 rings (SSSR count). The molecule has 4 aromatic carbocycles. The number of halogens is 3. The molecule has 0 spiro atoms. The van der Waals surface area contributed by atoms with E-state index in [0.717, 1.165) is 23.1 Å². The topological polar surface area (TPSA) is 84.9 Å². The van der Waals surface area contributed by atoms with Crippen molar-refractivity contribution >= 4 is 22.6 Å². The van der Waals surface area contributed by atoms with Gasteiger partial charge in [0.2, 0.25) is 0 Å². The van der Waals surface area contributed by atoms with Crippen molar-refractivity contribution in [2.45, 2.75) is 38.5 Å². The van der Waals surface area contributed by atoms with Gasteiger partial charge >= 0.3 is 12.1 Å². The Morgan fingerprint density at radius 2 is 1.49 bits per heavy atom. The van der Waals surface area contributed by atoms with Crippen molar-refractivity contribution in [1.29, 1.82) is 0 Å². The highest BCUT2D eigenvalue weighted by molar-refractivity contribution is 6.04. The van der Waals surface area contributed by atoms with Gasteiger partial charge in [-0.15, -0.1) is 0 Å². The number of amides is 1. The molecule has 9 heteroatoms. The molecule has 0 aliphatic rings. The maximum Gasteiger partial charge on any atom is 0.416 e. The lowest BCUT2D eigenvalue weighted by molar-refractivity contribution is -0.143. The number of nitrogens with one attached hydrogen (secondary N) is 1. The van der Waals surface area contributed by atoms with Crippen LogP contribution in [0.2, 0.25) is 0 Å². The lowest BCUT2D eigenvalue weighted by Gasteiger charge is -2.23. The Labute approximate surface area is 223 Å². The van der Waals surface area contributed by atoms with Gasteiger partial charge in [0.15, 0.2) is 6.04 Å². The number of benzene rings is 4. The quantitative estimate of drug-likeness (QED) is 0.251. The van der Waals surface area contributed by atoms with Gasteiger partial charge in [0.05, 0.1) is 23.8 Å². The normalized spacial score (nSPS) is 13.0. The molecule has 0 radical (unpaired) electrons. The minimum atomic E-state index is -4.46. The molecule has 2 atom stereocenters. The number of carbonyl (C=O) groups is 2. The first-order chi connectivity index (χ1) is 18.6. The lowest BCUT2D eigenvalue weighted by Crippen LogP contribution is -2.48. The van der Waals surface area contributed by atoms with Gasteiger partial charge < -0.3 is 19.9 Å². The zero-order valence-corrected chi connectivity index (χ0v) is 20.9. The van der Waals surface area contributed by atoms with E-state index in [0.29, 0.717) is 10.9 Å². The average Bonchev–Trinajstić information content (AvgIpc) is 2.93. The summed E-state index contributed by atoms with van der Waals surface area (Å²) >= 11 is 0. The van der Waals surface area contributed by atoms with Crippen molar-refractivity contribution in [3.05, 3.63) is 113 Å². The van der Waals surface area contributed by atoms with Crippen LogP contribution in [0.5, 0.6) is 5.75 Å². The molecule has 0 heterocycles. The van der Waals surface area contributed by atoms with E-state index < -0.39 is 35.8 Å². The third-order valence-electron chi connectivity index (χ3n) is 6.17. The maximum atomic E-state index is 13.3. The van der Waals surface area contributed by atoms with Crippen LogP contribution in [0.25, 0.3) is 10.8 Å². The molecule has 0 saturated carbocycles. The first-order valence-corrected chi connectivity index (χ1v) is 12.1. The van der Waals surface area contributed by atoms with Crippen molar-refractivity contribution in [3.63, 3.8) is 0 Å². The number of carboxylic acid groups (broad SMARTS) is 1. The first kappa shape index (κ1) is 27.7. The fraction of sp³-hybridized carbons (Fsp3) is 0.200. The Hall–Kier alpha value is -4.37. The number of fused-ring (bicyclic) bond motifs is 1. The van der Waals surface area contributed by atoms with E-state index in [4.69, 9.17) is 9.47 Å². The minimum absolute atomic E-state index is 0.0853. The summed E-state index contributed by atoms with van der Waals surface area (Å²) in [6.07, 6.45) is -5.31. The molecular weight excluding hydrogens is 511 g/mol. The van der Waals surface area contributed by atoms with E-state index in [2.05, 4.69) is 5.32 Å². The number of alkyl halides is 3. The molecule has 0 bridgehead atoms. The molecule has 0 aliphatic heterocycles. The monoisotopic (exact) mass is 537 g/mol. The van der Waals surface area contributed by atoms with Crippen LogP contribution in [0.1, 0.15) is 34.0 Å². The second kappa shape index (κ2) is 12.0. The highest BCUT2D eigenvalue weighted by Gasteiger charge is 2.31. The number of ether oxygens (including phenoxy) is 2. The summed E-state index contributed by atoms with van der Waals surface area (Å²) in [6.45, 7) is 1.62. The number of carboxylic acids is 1. The Kier molecular flexibility index (Phi) is 8.51. The summed E-state index contributed by atoms with van der Waals surface area (Å²) < 4.78 is 50.4. The van der Waals surface area contributed by atoms with Crippen molar-refractivity contribution in [2.24, 2.45) is 0 Å². The molecule has 2 N–H and O–H groups in total. The molecule has 39 heavy (non-hydrogen) atoms. The fourth-order valence-corrected chi connectivity index (χ4v) is 4.02. The average molecular weight is 538 g/mol. The van der Waals surface area contributed by atoms with Crippen LogP contribution in [-0.2, 0) is 28.9 Å². The summed E-state index contributed by atoms with van der Waals surface area (Å²) in [4.78, 5) is 25.4. The third kappa shape index (κ3) is 6.94. The van der Waals surface area contributed by atoms with Gasteiger partial charge in [-0.25, -0.2) is 4.79 Å². The molecule has 1 amide bonds. The number of aliphatic carboxylic acids is 1. The summed E-state index contributed by atoms with van der Waals surface area (Å²) in [5, 5.41) is 13.7. The SMILES string of the molecule is C[C@@H](OCc1ccccc1)[C@H](NC(=O)c1ccc2ccccc2c1OCc1ccc(C(F)(F)F)cc1)C(=O)O. The van der Waals surface area contributed by atoms with E-state index in [-0.39, 0.29) is 24.5 Å². The van der Waals surface area contributed by atoms with Gasteiger partial charge in [-0.3, -0.25) is 4.79 Å². The van der Waals surface area contributed by atoms with Gasteiger partial charge in [-0.1, -0.05) is 72.8 Å². The highest BCUT2D eigenvalue weighted by Crippen LogP contribution is 2.32. The highest BCUT2D eigenvalue weighted by atomic mass is 19.4. The molecule has 6 nitrogen and oxygen atoms in total. The molecule has 0 aromatic heterocycles. The molecule has 202 valence electrons. The molecule has 0 fully saturated rings. The molecule has 0 saturated heterocycles. The molecular formula is C30H26F3NO5. The lowest BCUT2D eigenvalue weighted by atomic mass is 10.0. The Morgan fingerprint density at radius 1 is 0.846 bits per heavy atom. The van der Waals surface area contributed by atoms with E-state index >= 15 is 0 Å². The van der Waals surface area contributed by atoms with Crippen LogP contribution in [-0.4, -0.2) is 29.1 Å². The van der Waals surface area contributed by atoms with Gasteiger partial charge in [0.25, 0.3) is 5.91 Å². The Bertz CT molecular complexity index is 1440. The molecule has 0 aliphatic carbocycles. The molecule has 4 aromatic rings. The van der Waals surface area contributed by atoms with Crippen molar-refractivity contribution in [2.75, 3.05) is 0 Å². The third-order valence-corrected chi connectivity index (χ3v) is 6.17. The van der Waals surface area contributed by atoms with Crippen LogP contribution in [0.4, 0.5) is 13.2 Å². The van der Waals surface area contributed by atoms with Crippen LogP contribution in [0, 0.1) is 0 Å². The van der Waals surface area contributed by atoms with E-state index in [1.54, 1.807) is 25.1 Å². The number of hydrogen-bond acceptors (Lipinski definition) is 4. The second-order valence-electron chi connectivity index (χ2n) is 8.94. The second-order valence-corrected chi connectivity index (χ2v) is 8.94. The van der Waals surface area contributed by atoms with E-state index in [9.17, 15) is 27.9 Å². The van der Waals surface area contributed by atoms with Gasteiger partial charge in [0, 0.05) is 5.39 Å². The summed E-state index contributed by atoms with van der Waals surface area (Å²) in [5.74, 6) is -1.77. The van der Waals surface area contributed by atoms with Crippen LogP contribution >= 0.6 is 0 Å². The van der Waals surface area contributed by atoms with Gasteiger partial charge in [-0.2, -0.15) is 13.2 Å². The number of rotatable bonds is 10. The predicted molar refractivity (Wildman–Crippen MR) is 139 cm³/mol. The summed E-state index contributed by atoms with van der Waals surface area (Å²) in [5.41, 5.74) is 0.629. The Morgan fingerprint density at radius 3 is 2.15 bits per heavy atom. The first-order valence-electron chi connectivity index (χ1n) is 12.1. The number of hydrogen-bond donors (Lipinski definition) is 2. The zero-order chi connectivity index (χ0) is 28.0.